The summed E-state index contributed by atoms with van der Waals surface area (Å²) in [6, 6.07) is 8.95. The highest BCUT2D eigenvalue weighted by Crippen LogP contribution is 2.40. The van der Waals surface area contributed by atoms with E-state index >= 15 is 0 Å². The van der Waals surface area contributed by atoms with E-state index in [-0.39, 0.29) is 0 Å². The summed E-state index contributed by atoms with van der Waals surface area (Å²) in [5.74, 6) is -1.95. The molecular formula is C18H28N2O5. The monoisotopic (exact) mass is 352 g/mol. The summed E-state index contributed by atoms with van der Waals surface area (Å²) < 4.78 is 5.56. The third kappa shape index (κ3) is 6.03. The predicted octanol–water partition coefficient (Wildman–Crippen LogP) is 1.84. The molecule has 2 atom stereocenters. The highest BCUT2D eigenvalue weighted by Gasteiger charge is 2.35. The van der Waals surface area contributed by atoms with Crippen molar-refractivity contribution in [2.75, 3.05) is 33.3 Å². The predicted molar refractivity (Wildman–Crippen MR) is 94.9 cm³/mol. The van der Waals surface area contributed by atoms with Crippen molar-refractivity contribution in [3.05, 3.63) is 29.8 Å². The molecule has 1 aromatic carbocycles. The number of benzene rings is 1. The maximum Gasteiger partial charge on any atom is 0.414 e. The van der Waals surface area contributed by atoms with Gasteiger partial charge in [0.2, 0.25) is 0 Å². The Hall–Kier alpha value is -2.12. The smallest absolute Gasteiger partial charge is 0.414 e. The molecule has 3 N–H and O–H groups in total. The third-order valence-corrected chi connectivity index (χ3v) is 4.33. The van der Waals surface area contributed by atoms with E-state index in [1.807, 2.05) is 6.07 Å². The molecule has 1 aliphatic heterocycles. The lowest BCUT2D eigenvalue weighted by atomic mass is 9.93. The Bertz CT molecular complexity index is 552. The first kappa shape index (κ1) is 20.9. The molecule has 1 heterocycles. The molecule has 25 heavy (non-hydrogen) atoms. The fourth-order valence-corrected chi connectivity index (χ4v) is 3.19. The summed E-state index contributed by atoms with van der Waals surface area (Å²) >= 11 is 0. The fraction of sp³-hybridized carbons (Fsp3) is 0.556. The molecule has 1 aliphatic rings. The zero-order chi connectivity index (χ0) is 18.8. The first-order chi connectivity index (χ1) is 12.0. The van der Waals surface area contributed by atoms with E-state index in [0.717, 1.165) is 25.4 Å². The van der Waals surface area contributed by atoms with Gasteiger partial charge in [0.05, 0.1) is 7.11 Å². The maximum absolute atomic E-state index is 9.10. The van der Waals surface area contributed by atoms with Crippen molar-refractivity contribution in [3.63, 3.8) is 0 Å². The van der Waals surface area contributed by atoms with Crippen LogP contribution >= 0.6 is 0 Å². The molecule has 0 aromatic heterocycles. The van der Waals surface area contributed by atoms with Gasteiger partial charge in [0.25, 0.3) is 0 Å². The van der Waals surface area contributed by atoms with Crippen LogP contribution in [0, 0.1) is 5.92 Å². The number of hydrogen-bond acceptors (Lipinski definition) is 5. The van der Waals surface area contributed by atoms with Crippen molar-refractivity contribution in [3.8, 4) is 5.75 Å². The number of likely N-dealkylation sites (tertiary alicyclic amines) is 1. The van der Waals surface area contributed by atoms with E-state index < -0.39 is 11.9 Å². The van der Waals surface area contributed by atoms with Gasteiger partial charge in [0.1, 0.15) is 5.75 Å². The molecule has 0 aliphatic carbocycles. The van der Waals surface area contributed by atoms with E-state index in [9.17, 15) is 0 Å². The number of aliphatic carboxylic acids is 2. The van der Waals surface area contributed by atoms with Gasteiger partial charge in [0.15, 0.2) is 0 Å². The minimum absolute atomic E-state index is 0.486. The Kier molecular flexibility index (Phi) is 8.94. The zero-order valence-electron chi connectivity index (χ0n) is 15.1. The first-order valence-corrected chi connectivity index (χ1v) is 8.50. The molecular weight excluding hydrogens is 324 g/mol. The second-order valence-electron chi connectivity index (χ2n) is 5.78. The molecule has 7 heteroatoms. The lowest BCUT2D eigenvalue weighted by Gasteiger charge is -2.29. The van der Waals surface area contributed by atoms with Crippen molar-refractivity contribution in [1.82, 2.24) is 10.2 Å². The van der Waals surface area contributed by atoms with Crippen LogP contribution in [0.5, 0.6) is 5.75 Å². The second kappa shape index (κ2) is 10.7. The Morgan fingerprint density at radius 1 is 1.24 bits per heavy atom. The van der Waals surface area contributed by atoms with Gasteiger partial charge < -0.3 is 20.3 Å². The standard InChI is InChI=1S/C16H26N2O.C2H2O4/c1-4-17-12-13-10-11-18(5-2)16(13)14-8-6-7-9-15(14)19-3;3-1(4)2(5)6/h6-9,13,16-17H,4-5,10-12H2,1-3H3;(H,3,4)(H,5,6)/t13-,16-;/m0./s1. The summed E-state index contributed by atoms with van der Waals surface area (Å²) in [5, 5.41) is 18.3. The van der Waals surface area contributed by atoms with Gasteiger partial charge in [-0.1, -0.05) is 32.0 Å². The topological polar surface area (TPSA) is 99.1 Å². The Morgan fingerprint density at radius 3 is 2.40 bits per heavy atom. The molecule has 7 nitrogen and oxygen atoms in total. The molecule has 0 bridgehead atoms. The lowest BCUT2D eigenvalue weighted by molar-refractivity contribution is -0.159. The van der Waals surface area contributed by atoms with Crippen LogP contribution in [0.15, 0.2) is 24.3 Å². The number of methoxy groups -OCH3 is 1. The Labute approximate surface area is 148 Å². The molecule has 0 saturated carbocycles. The first-order valence-electron chi connectivity index (χ1n) is 8.50. The van der Waals surface area contributed by atoms with Crippen molar-refractivity contribution < 1.29 is 24.5 Å². The van der Waals surface area contributed by atoms with E-state index in [1.165, 1.54) is 18.5 Å². The minimum atomic E-state index is -1.82. The normalized spacial score (nSPS) is 19.8. The molecule has 0 unspecified atom stereocenters. The second-order valence-corrected chi connectivity index (χ2v) is 5.78. The average Bonchev–Trinajstić information content (AvgIpc) is 3.02. The van der Waals surface area contributed by atoms with Crippen LogP contribution in [-0.2, 0) is 9.59 Å². The van der Waals surface area contributed by atoms with Gasteiger partial charge in [-0.05, 0) is 44.6 Å². The number of hydrogen-bond donors (Lipinski definition) is 3. The van der Waals surface area contributed by atoms with Gasteiger partial charge in [0, 0.05) is 11.6 Å². The molecule has 2 rings (SSSR count). The number of ether oxygens (including phenoxy) is 1. The van der Waals surface area contributed by atoms with Crippen LogP contribution in [-0.4, -0.2) is 60.3 Å². The summed E-state index contributed by atoms with van der Waals surface area (Å²) in [6.07, 6.45) is 1.27. The Morgan fingerprint density at radius 2 is 1.88 bits per heavy atom. The molecule has 1 aromatic rings. The molecule has 0 spiro atoms. The van der Waals surface area contributed by atoms with Crippen molar-refractivity contribution in [2.24, 2.45) is 5.92 Å². The number of carboxylic acids is 2. The Balaban J connectivity index is 0.000000450. The fourth-order valence-electron chi connectivity index (χ4n) is 3.19. The van der Waals surface area contributed by atoms with E-state index in [1.54, 1.807) is 7.11 Å². The van der Waals surface area contributed by atoms with Crippen LogP contribution in [0.2, 0.25) is 0 Å². The van der Waals surface area contributed by atoms with Crippen molar-refractivity contribution in [1.29, 1.82) is 0 Å². The third-order valence-electron chi connectivity index (χ3n) is 4.33. The summed E-state index contributed by atoms with van der Waals surface area (Å²) in [5.41, 5.74) is 1.34. The van der Waals surface area contributed by atoms with Gasteiger partial charge in [-0.25, -0.2) is 9.59 Å². The number of carbonyl (C=O) groups is 2. The molecule has 1 saturated heterocycles. The number of nitrogens with one attached hydrogen (secondary N) is 1. The summed E-state index contributed by atoms with van der Waals surface area (Å²) in [4.78, 5) is 20.8. The van der Waals surface area contributed by atoms with Crippen LogP contribution in [0.25, 0.3) is 0 Å². The van der Waals surface area contributed by atoms with E-state index in [4.69, 9.17) is 24.5 Å². The van der Waals surface area contributed by atoms with Gasteiger partial charge in [-0.2, -0.15) is 0 Å². The highest BCUT2D eigenvalue weighted by atomic mass is 16.5. The SMILES string of the molecule is CCNC[C@@H]1CCN(CC)[C@@H]1c1ccccc1OC.O=C(O)C(=O)O. The van der Waals surface area contributed by atoms with Crippen LogP contribution < -0.4 is 10.1 Å². The average molecular weight is 352 g/mol. The summed E-state index contributed by atoms with van der Waals surface area (Å²) in [6.45, 7) is 8.85. The molecule has 0 amide bonds. The molecule has 140 valence electrons. The summed E-state index contributed by atoms with van der Waals surface area (Å²) in [7, 11) is 1.77. The highest BCUT2D eigenvalue weighted by molar-refractivity contribution is 6.27. The van der Waals surface area contributed by atoms with Crippen molar-refractivity contribution >= 4 is 11.9 Å². The lowest BCUT2D eigenvalue weighted by Crippen LogP contribution is -2.30. The van der Waals surface area contributed by atoms with Crippen molar-refractivity contribution in [2.45, 2.75) is 26.3 Å². The van der Waals surface area contributed by atoms with Crippen LogP contribution in [0.3, 0.4) is 0 Å². The maximum atomic E-state index is 9.10. The number of rotatable bonds is 6. The molecule has 0 radical (unpaired) electrons. The van der Waals surface area contributed by atoms with Gasteiger partial charge >= 0.3 is 11.9 Å². The van der Waals surface area contributed by atoms with Gasteiger partial charge in [-0.3, -0.25) is 4.90 Å². The van der Waals surface area contributed by atoms with Crippen LogP contribution in [0.4, 0.5) is 0 Å². The van der Waals surface area contributed by atoms with Crippen LogP contribution in [0.1, 0.15) is 31.9 Å². The van der Waals surface area contributed by atoms with E-state index in [2.05, 4.69) is 42.3 Å². The number of carboxylic acid groups (broad SMARTS) is 2. The minimum Gasteiger partial charge on any atom is -0.496 e. The number of nitrogens with zero attached hydrogens (tertiary/aromatic N) is 1. The van der Waals surface area contributed by atoms with E-state index in [0.29, 0.717) is 12.0 Å². The zero-order valence-corrected chi connectivity index (χ0v) is 15.1. The largest absolute Gasteiger partial charge is 0.496 e. The van der Waals surface area contributed by atoms with Gasteiger partial charge in [-0.15, -0.1) is 0 Å². The quantitative estimate of drug-likeness (QED) is 0.672. The molecule has 1 fully saturated rings. The number of para-hydroxylation sites is 1.